The third-order valence-corrected chi connectivity index (χ3v) is 2.48. The maximum Gasteiger partial charge on any atom is 0.159 e. The van der Waals surface area contributed by atoms with Crippen molar-refractivity contribution in [2.75, 3.05) is 12.8 Å². The van der Waals surface area contributed by atoms with E-state index in [1.165, 1.54) is 6.92 Å². The van der Waals surface area contributed by atoms with E-state index in [1.54, 1.807) is 19.2 Å². The van der Waals surface area contributed by atoms with Gasteiger partial charge in [-0.15, -0.1) is 0 Å². The van der Waals surface area contributed by atoms with Gasteiger partial charge in [-0.25, -0.2) is 0 Å². The first-order valence-corrected chi connectivity index (χ1v) is 4.78. The number of halogens is 1. The molecule has 2 N–H and O–H groups in total. The molecular weight excluding hydrogens is 281 g/mol. The number of hydrogen-bond donors (Lipinski definition) is 1. The summed E-state index contributed by atoms with van der Waals surface area (Å²) in [7, 11) is 1.56. The van der Waals surface area contributed by atoms with Crippen molar-refractivity contribution < 1.29 is 9.53 Å². The van der Waals surface area contributed by atoms with E-state index >= 15 is 0 Å². The Kier molecular flexibility index (Phi) is 3.13. The van der Waals surface area contributed by atoms with Gasteiger partial charge in [-0.05, 0) is 41.6 Å². The van der Waals surface area contributed by atoms with Crippen molar-refractivity contribution in [2.45, 2.75) is 6.92 Å². The number of anilines is 1. The van der Waals surface area contributed by atoms with E-state index in [-0.39, 0.29) is 5.78 Å². The van der Waals surface area contributed by atoms with Gasteiger partial charge >= 0.3 is 0 Å². The summed E-state index contributed by atoms with van der Waals surface area (Å²) in [5.41, 5.74) is 6.80. The Balaban J connectivity index is 3.28. The Hall–Kier alpha value is -0.780. The highest BCUT2D eigenvalue weighted by atomic mass is 127. The number of Topliss-reactive ketones (excluding diaryl/α,β-unsaturated/α-hetero) is 1. The number of rotatable bonds is 2. The lowest BCUT2D eigenvalue weighted by Gasteiger charge is -2.08. The molecule has 0 bridgehead atoms. The lowest BCUT2D eigenvalue weighted by atomic mass is 10.1. The number of methoxy groups -OCH3 is 1. The maximum atomic E-state index is 11.0. The minimum Gasteiger partial charge on any atom is -0.493 e. The van der Waals surface area contributed by atoms with Crippen molar-refractivity contribution in [3.63, 3.8) is 0 Å². The Morgan fingerprint density at radius 2 is 2.15 bits per heavy atom. The molecule has 1 aromatic carbocycles. The Labute approximate surface area is 90.4 Å². The molecule has 3 nitrogen and oxygen atoms in total. The van der Waals surface area contributed by atoms with Gasteiger partial charge in [0, 0.05) is 5.56 Å². The quantitative estimate of drug-likeness (QED) is 0.515. The summed E-state index contributed by atoms with van der Waals surface area (Å²) in [4.78, 5) is 11.0. The molecule has 0 amide bonds. The third kappa shape index (κ3) is 2.12. The van der Waals surface area contributed by atoms with Gasteiger partial charge in [0.25, 0.3) is 0 Å². The number of benzene rings is 1. The summed E-state index contributed by atoms with van der Waals surface area (Å²) >= 11 is 2.09. The smallest absolute Gasteiger partial charge is 0.159 e. The molecule has 1 aromatic rings. The molecular formula is C9H10INO2. The molecule has 0 saturated carbocycles. The lowest BCUT2D eigenvalue weighted by Crippen LogP contribution is -2.00. The van der Waals surface area contributed by atoms with Gasteiger partial charge in [0.1, 0.15) is 0 Å². The lowest BCUT2D eigenvalue weighted by molar-refractivity contribution is 0.101. The largest absolute Gasteiger partial charge is 0.493 e. The normalized spacial score (nSPS) is 9.77. The molecule has 70 valence electrons. The molecule has 0 aliphatic heterocycles. The first kappa shape index (κ1) is 10.3. The fourth-order valence-corrected chi connectivity index (χ4v) is 1.90. The van der Waals surface area contributed by atoms with E-state index in [1.807, 2.05) is 0 Å². The minimum absolute atomic E-state index is 0.00673. The number of ketones is 1. The SMILES string of the molecule is COc1c(N)cc(C(C)=O)cc1I. The second kappa shape index (κ2) is 3.95. The van der Waals surface area contributed by atoms with Crippen molar-refractivity contribution in [2.24, 2.45) is 0 Å². The summed E-state index contributed by atoms with van der Waals surface area (Å²) in [5.74, 6) is 0.637. The molecule has 0 saturated heterocycles. The van der Waals surface area contributed by atoms with E-state index in [0.717, 1.165) is 3.57 Å². The zero-order chi connectivity index (χ0) is 10.0. The molecule has 0 unspecified atom stereocenters. The van der Waals surface area contributed by atoms with Gasteiger partial charge in [-0.2, -0.15) is 0 Å². The standard InChI is InChI=1S/C9H10INO2/c1-5(12)6-3-7(10)9(13-2)8(11)4-6/h3-4H,11H2,1-2H3. The number of ether oxygens (including phenoxy) is 1. The number of nitrogens with two attached hydrogens (primary N) is 1. The van der Waals surface area contributed by atoms with Crippen LogP contribution in [0.3, 0.4) is 0 Å². The highest BCUT2D eigenvalue weighted by Crippen LogP contribution is 2.29. The Morgan fingerprint density at radius 3 is 2.54 bits per heavy atom. The maximum absolute atomic E-state index is 11.0. The van der Waals surface area contributed by atoms with Crippen molar-refractivity contribution in [1.82, 2.24) is 0 Å². The number of carbonyl (C=O) groups is 1. The second-order valence-corrected chi connectivity index (χ2v) is 3.80. The van der Waals surface area contributed by atoms with Gasteiger partial charge in [0.05, 0.1) is 16.4 Å². The van der Waals surface area contributed by atoms with Crippen molar-refractivity contribution in [3.05, 3.63) is 21.3 Å². The van der Waals surface area contributed by atoms with Crippen LogP contribution in [0.15, 0.2) is 12.1 Å². The van der Waals surface area contributed by atoms with E-state index in [4.69, 9.17) is 10.5 Å². The van der Waals surface area contributed by atoms with Crippen LogP contribution in [0.4, 0.5) is 5.69 Å². The van der Waals surface area contributed by atoms with E-state index in [0.29, 0.717) is 17.0 Å². The molecule has 1 rings (SSSR count). The fourth-order valence-electron chi connectivity index (χ4n) is 1.03. The number of nitrogen functional groups attached to an aromatic ring is 1. The second-order valence-electron chi connectivity index (χ2n) is 2.64. The van der Waals surface area contributed by atoms with Crippen LogP contribution >= 0.6 is 22.6 Å². The van der Waals surface area contributed by atoms with Gasteiger partial charge in [0.2, 0.25) is 0 Å². The van der Waals surface area contributed by atoms with Gasteiger partial charge in [0.15, 0.2) is 11.5 Å². The molecule has 0 atom stereocenters. The minimum atomic E-state index is 0.00673. The molecule has 4 heteroatoms. The van der Waals surface area contributed by atoms with Crippen molar-refractivity contribution in [1.29, 1.82) is 0 Å². The first-order chi connectivity index (χ1) is 6.06. The number of carbonyl (C=O) groups excluding carboxylic acids is 1. The van der Waals surface area contributed by atoms with Gasteiger partial charge in [-0.1, -0.05) is 0 Å². The van der Waals surface area contributed by atoms with Gasteiger partial charge < -0.3 is 10.5 Å². The van der Waals surface area contributed by atoms with Crippen LogP contribution in [0, 0.1) is 3.57 Å². The molecule has 0 aliphatic rings. The van der Waals surface area contributed by atoms with Crippen LogP contribution < -0.4 is 10.5 Å². The topological polar surface area (TPSA) is 52.3 Å². The van der Waals surface area contributed by atoms with E-state index < -0.39 is 0 Å². The molecule has 0 fully saturated rings. The Morgan fingerprint density at radius 1 is 1.54 bits per heavy atom. The van der Waals surface area contributed by atoms with Crippen LogP contribution in [-0.2, 0) is 0 Å². The van der Waals surface area contributed by atoms with Crippen LogP contribution in [0.1, 0.15) is 17.3 Å². The van der Waals surface area contributed by atoms with Crippen LogP contribution in [0.25, 0.3) is 0 Å². The Bertz CT molecular complexity index is 326. The highest BCUT2D eigenvalue weighted by molar-refractivity contribution is 14.1. The highest BCUT2D eigenvalue weighted by Gasteiger charge is 2.09. The van der Waals surface area contributed by atoms with Crippen LogP contribution in [0.2, 0.25) is 0 Å². The van der Waals surface area contributed by atoms with Crippen molar-refractivity contribution in [3.8, 4) is 5.75 Å². The third-order valence-electron chi connectivity index (χ3n) is 1.68. The first-order valence-electron chi connectivity index (χ1n) is 3.70. The predicted octanol–water partition coefficient (Wildman–Crippen LogP) is 2.08. The molecule has 0 aromatic heterocycles. The average Bonchev–Trinajstić information content (AvgIpc) is 2.03. The average molecular weight is 291 g/mol. The molecule has 0 aliphatic carbocycles. The van der Waals surface area contributed by atoms with Crippen LogP contribution in [-0.4, -0.2) is 12.9 Å². The zero-order valence-electron chi connectivity index (χ0n) is 7.43. The van der Waals surface area contributed by atoms with Gasteiger partial charge in [-0.3, -0.25) is 4.79 Å². The monoisotopic (exact) mass is 291 g/mol. The summed E-state index contributed by atoms with van der Waals surface area (Å²) in [6, 6.07) is 3.39. The fraction of sp³-hybridized carbons (Fsp3) is 0.222. The van der Waals surface area contributed by atoms with Crippen molar-refractivity contribution >= 4 is 34.1 Å². The molecule has 0 heterocycles. The zero-order valence-corrected chi connectivity index (χ0v) is 9.58. The summed E-state index contributed by atoms with van der Waals surface area (Å²) in [6.45, 7) is 1.51. The molecule has 0 radical (unpaired) electrons. The van der Waals surface area contributed by atoms with E-state index in [2.05, 4.69) is 22.6 Å². The summed E-state index contributed by atoms with van der Waals surface area (Å²) in [6.07, 6.45) is 0. The van der Waals surface area contributed by atoms with Crippen LogP contribution in [0.5, 0.6) is 5.75 Å². The molecule has 13 heavy (non-hydrogen) atoms. The number of hydrogen-bond acceptors (Lipinski definition) is 3. The predicted molar refractivity (Wildman–Crippen MR) is 60.1 cm³/mol. The summed E-state index contributed by atoms with van der Waals surface area (Å²) < 4.78 is 5.92. The summed E-state index contributed by atoms with van der Waals surface area (Å²) in [5, 5.41) is 0. The van der Waals surface area contributed by atoms with E-state index in [9.17, 15) is 4.79 Å². The molecule has 0 spiro atoms.